The van der Waals surface area contributed by atoms with Crippen molar-refractivity contribution in [3.05, 3.63) is 145 Å². The van der Waals surface area contributed by atoms with E-state index in [0.29, 0.717) is 43.3 Å². The van der Waals surface area contributed by atoms with Gasteiger partial charge in [-0.05, 0) is 72.7 Å². The van der Waals surface area contributed by atoms with Gasteiger partial charge in [0.05, 0.1) is 34.3 Å². The number of benzene rings is 4. The topological polar surface area (TPSA) is 117 Å². The SMILES string of the molecule is CCOC(=O)C1=c2sc(=Cc3cccc(Oc4ccccc4)c3)c(=O)n2C(N)=C(C#N)C1c1cccc(Oc2ccccc2)c1. The molecule has 2 N–H and O–H groups in total. The lowest BCUT2D eigenvalue weighted by Gasteiger charge is -2.25. The second-order valence-electron chi connectivity index (χ2n) is 10.0. The van der Waals surface area contributed by atoms with Crippen molar-refractivity contribution in [2.75, 3.05) is 6.61 Å². The average molecular weight is 614 g/mol. The number of allylic oxidation sites excluding steroid dienone is 1. The summed E-state index contributed by atoms with van der Waals surface area (Å²) in [7, 11) is 0. The lowest BCUT2D eigenvalue weighted by atomic mass is 9.84. The lowest BCUT2D eigenvalue weighted by Crippen LogP contribution is -2.40. The number of carbonyl (C=O) groups excluding carboxylic acids is 1. The van der Waals surface area contributed by atoms with Crippen LogP contribution < -0.4 is 30.0 Å². The number of nitriles is 1. The summed E-state index contributed by atoms with van der Waals surface area (Å²) < 4.78 is 19.3. The highest BCUT2D eigenvalue weighted by Gasteiger charge is 2.36. The van der Waals surface area contributed by atoms with E-state index in [4.69, 9.17) is 19.9 Å². The Morgan fingerprint density at radius 1 is 0.889 bits per heavy atom. The number of thiazole rings is 1. The molecule has 8 nitrogen and oxygen atoms in total. The van der Waals surface area contributed by atoms with Crippen molar-refractivity contribution in [3.63, 3.8) is 0 Å². The number of aromatic nitrogens is 1. The van der Waals surface area contributed by atoms with E-state index in [-0.39, 0.29) is 23.6 Å². The number of nitrogens with zero attached hydrogens (tertiary/aromatic N) is 2. The summed E-state index contributed by atoms with van der Waals surface area (Å²) in [5.41, 5.74) is 7.61. The van der Waals surface area contributed by atoms with E-state index in [0.717, 1.165) is 11.3 Å². The fourth-order valence-corrected chi connectivity index (χ4v) is 6.28. The van der Waals surface area contributed by atoms with Crippen LogP contribution in [0, 0.1) is 11.3 Å². The molecule has 0 bridgehead atoms. The molecule has 9 heteroatoms. The first-order chi connectivity index (χ1) is 22.0. The maximum absolute atomic E-state index is 13.8. The molecule has 0 aliphatic carbocycles. The van der Waals surface area contributed by atoms with E-state index in [9.17, 15) is 14.9 Å². The number of rotatable bonds is 8. The van der Waals surface area contributed by atoms with Crippen molar-refractivity contribution in [2.45, 2.75) is 12.8 Å². The molecule has 1 aromatic heterocycles. The Morgan fingerprint density at radius 2 is 1.49 bits per heavy atom. The number of nitrogens with two attached hydrogens (primary N) is 1. The fraction of sp³-hybridized carbons (Fsp3) is 0.0833. The molecular formula is C36H27N3O5S. The zero-order chi connectivity index (χ0) is 31.3. The predicted molar refractivity (Wildman–Crippen MR) is 173 cm³/mol. The minimum absolute atomic E-state index is 0.0398. The Labute approximate surface area is 262 Å². The van der Waals surface area contributed by atoms with E-state index >= 15 is 0 Å². The molecule has 6 rings (SSSR count). The van der Waals surface area contributed by atoms with Crippen LogP contribution in [0.5, 0.6) is 23.0 Å². The van der Waals surface area contributed by atoms with Gasteiger partial charge in [0.1, 0.15) is 33.5 Å². The van der Waals surface area contributed by atoms with Gasteiger partial charge in [0.25, 0.3) is 5.56 Å². The van der Waals surface area contributed by atoms with Crippen molar-refractivity contribution in [3.8, 4) is 29.1 Å². The molecule has 0 fully saturated rings. The molecule has 1 aliphatic rings. The summed E-state index contributed by atoms with van der Waals surface area (Å²) in [4.78, 5) is 27.4. The van der Waals surface area contributed by atoms with E-state index in [1.807, 2.05) is 84.9 Å². The normalized spacial score (nSPS) is 14.4. The summed E-state index contributed by atoms with van der Waals surface area (Å²) in [6.07, 6.45) is 1.71. The first-order valence-corrected chi connectivity index (χ1v) is 15.0. The van der Waals surface area contributed by atoms with Crippen LogP contribution in [0.1, 0.15) is 24.0 Å². The van der Waals surface area contributed by atoms with Gasteiger partial charge in [-0.2, -0.15) is 5.26 Å². The van der Waals surface area contributed by atoms with Crippen molar-refractivity contribution in [1.29, 1.82) is 5.26 Å². The molecule has 4 aromatic carbocycles. The van der Waals surface area contributed by atoms with Gasteiger partial charge in [0.15, 0.2) is 0 Å². The highest BCUT2D eigenvalue weighted by Crippen LogP contribution is 2.38. The number of para-hydroxylation sites is 2. The molecule has 5 aromatic rings. The summed E-state index contributed by atoms with van der Waals surface area (Å²) in [5, 5.41) is 10.3. The number of carbonyl (C=O) groups is 1. The molecule has 0 spiro atoms. The van der Waals surface area contributed by atoms with Gasteiger partial charge in [-0.3, -0.25) is 9.36 Å². The Bertz CT molecular complexity index is 2140. The van der Waals surface area contributed by atoms with Crippen LogP contribution in [0.25, 0.3) is 17.5 Å². The summed E-state index contributed by atoms with van der Waals surface area (Å²) in [6, 6.07) is 35.2. The summed E-state index contributed by atoms with van der Waals surface area (Å²) in [6.45, 7) is 1.81. The fourth-order valence-electron chi connectivity index (χ4n) is 5.11. The van der Waals surface area contributed by atoms with Crippen LogP contribution in [0.15, 0.2) is 120 Å². The maximum atomic E-state index is 13.8. The number of ether oxygens (including phenoxy) is 3. The van der Waals surface area contributed by atoms with E-state index in [2.05, 4.69) is 6.07 Å². The molecule has 2 heterocycles. The predicted octanol–water partition coefficient (Wildman–Crippen LogP) is 5.49. The third-order valence-electron chi connectivity index (χ3n) is 7.07. The van der Waals surface area contributed by atoms with Gasteiger partial charge in [-0.1, -0.05) is 60.7 Å². The van der Waals surface area contributed by atoms with Crippen molar-refractivity contribution in [1.82, 2.24) is 4.57 Å². The first-order valence-electron chi connectivity index (χ1n) is 14.2. The molecule has 222 valence electrons. The van der Waals surface area contributed by atoms with E-state index in [1.54, 1.807) is 37.3 Å². The van der Waals surface area contributed by atoms with Gasteiger partial charge in [0.2, 0.25) is 0 Å². The molecule has 0 saturated heterocycles. The second kappa shape index (κ2) is 12.8. The van der Waals surface area contributed by atoms with Gasteiger partial charge in [-0.15, -0.1) is 11.3 Å². The van der Waals surface area contributed by atoms with E-state index in [1.165, 1.54) is 4.57 Å². The highest BCUT2D eigenvalue weighted by molar-refractivity contribution is 7.07. The highest BCUT2D eigenvalue weighted by atomic mass is 32.1. The zero-order valence-corrected chi connectivity index (χ0v) is 25.0. The standard InChI is InChI=1S/C36H27N3O5S/c1-2-42-36(41)32-31(24-12-10-18-28(21-24)44-26-15-7-4-8-16-26)29(22-37)33(38)39-34(40)30(45-35(32)39)20-23-11-9-17-27(19-23)43-25-13-5-3-6-14-25/h3-21,31H,2,38H2,1H3. The van der Waals surface area contributed by atoms with Crippen molar-refractivity contribution in [2.24, 2.45) is 5.73 Å². The van der Waals surface area contributed by atoms with Gasteiger partial charge < -0.3 is 19.9 Å². The van der Waals surface area contributed by atoms with Gasteiger partial charge in [-0.25, -0.2) is 4.79 Å². The molecule has 1 atom stereocenters. The Hall–Kier alpha value is -5.85. The molecule has 0 amide bonds. The number of hydrogen-bond acceptors (Lipinski definition) is 8. The molecular weight excluding hydrogens is 586 g/mol. The minimum Gasteiger partial charge on any atom is -0.463 e. The molecule has 0 saturated carbocycles. The molecule has 1 unspecified atom stereocenters. The molecule has 0 radical (unpaired) electrons. The van der Waals surface area contributed by atoms with Crippen LogP contribution in [0.4, 0.5) is 0 Å². The Morgan fingerprint density at radius 3 is 2.11 bits per heavy atom. The third-order valence-corrected chi connectivity index (χ3v) is 8.18. The van der Waals surface area contributed by atoms with Crippen LogP contribution in [0.3, 0.4) is 0 Å². The third kappa shape index (κ3) is 6.00. The lowest BCUT2D eigenvalue weighted by molar-refractivity contribution is -0.136. The first kappa shape index (κ1) is 29.2. The second-order valence-corrected chi connectivity index (χ2v) is 11.0. The van der Waals surface area contributed by atoms with Crippen molar-refractivity contribution < 1.29 is 19.0 Å². The Kier molecular flexibility index (Phi) is 8.31. The van der Waals surface area contributed by atoms with Gasteiger partial charge in [0, 0.05) is 0 Å². The number of hydrogen-bond donors (Lipinski definition) is 1. The number of esters is 1. The Balaban J connectivity index is 1.50. The van der Waals surface area contributed by atoms with E-state index < -0.39 is 17.4 Å². The van der Waals surface area contributed by atoms with Crippen LogP contribution in [-0.2, 0) is 9.53 Å². The summed E-state index contributed by atoms with van der Waals surface area (Å²) in [5.74, 6) is 0.855. The molecule has 45 heavy (non-hydrogen) atoms. The van der Waals surface area contributed by atoms with Crippen LogP contribution in [0.2, 0.25) is 0 Å². The largest absolute Gasteiger partial charge is 0.463 e. The monoisotopic (exact) mass is 613 g/mol. The summed E-state index contributed by atoms with van der Waals surface area (Å²) >= 11 is 1.11. The quantitative estimate of drug-likeness (QED) is 0.230. The van der Waals surface area contributed by atoms with Gasteiger partial charge >= 0.3 is 5.97 Å². The maximum Gasteiger partial charge on any atom is 0.338 e. The van der Waals surface area contributed by atoms with Crippen molar-refractivity contribution >= 4 is 34.8 Å². The number of fused-ring (bicyclic) bond motifs is 1. The average Bonchev–Trinajstić information content (AvgIpc) is 3.37. The minimum atomic E-state index is -0.887. The zero-order valence-electron chi connectivity index (χ0n) is 24.2. The van der Waals surface area contributed by atoms with Crippen LogP contribution in [-0.4, -0.2) is 17.1 Å². The smallest absolute Gasteiger partial charge is 0.338 e. The molecule has 1 aliphatic heterocycles. The van der Waals surface area contributed by atoms with Crippen LogP contribution >= 0.6 is 11.3 Å².